The molecule has 18 heavy (non-hydrogen) atoms. The zero-order chi connectivity index (χ0) is 13.3. The topological polar surface area (TPSA) is 41.0 Å². The first-order chi connectivity index (χ1) is 8.40. The highest BCUT2D eigenvalue weighted by Crippen LogP contribution is 2.35. The summed E-state index contributed by atoms with van der Waals surface area (Å²) in [6, 6.07) is 2.04. The van der Waals surface area contributed by atoms with E-state index >= 15 is 0 Å². The molecule has 1 N–H and O–H groups in total. The standard InChI is InChI=1S/C14H24N4/c1-10-16-12(15-5)8-13(17-10)18-7-6-11(9-18)14(2,3)4/h8,11H,6-7,9H2,1-5H3,(H,15,16,17). The molecule has 1 unspecified atom stereocenters. The maximum absolute atomic E-state index is 4.56. The van der Waals surface area contributed by atoms with Crippen LogP contribution < -0.4 is 10.2 Å². The quantitative estimate of drug-likeness (QED) is 0.873. The Bertz CT molecular complexity index is 422. The second kappa shape index (κ2) is 4.75. The summed E-state index contributed by atoms with van der Waals surface area (Å²) in [5.41, 5.74) is 0.378. The van der Waals surface area contributed by atoms with Crippen LogP contribution in [0.5, 0.6) is 0 Å². The van der Waals surface area contributed by atoms with Crippen molar-refractivity contribution in [3.8, 4) is 0 Å². The molecule has 1 aliphatic heterocycles. The largest absolute Gasteiger partial charge is 0.373 e. The molecule has 1 atom stereocenters. The van der Waals surface area contributed by atoms with Crippen molar-refractivity contribution >= 4 is 11.6 Å². The Morgan fingerprint density at radius 2 is 2.06 bits per heavy atom. The number of anilines is 2. The van der Waals surface area contributed by atoms with E-state index in [1.165, 1.54) is 6.42 Å². The molecular formula is C14H24N4. The van der Waals surface area contributed by atoms with Gasteiger partial charge in [-0.15, -0.1) is 0 Å². The number of rotatable bonds is 2. The van der Waals surface area contributed by atoms with E-state index < -0.39 is 0 Å². The molecule has 2 rings (SSSR count). The highest BCUT2D eigenvalue weighted by molar-refractivity contribution is 5.49. The number of hydrogen-bond donors (Lipinski definition) is 1. The number of nitrogens with one attached hydrogen (secondary N) is 1. The molecule has 0 bridgehead atoms. The third-order valence-electron chi connectivity index (χ3n) is 3.82. The molecule has 0 saturated carbocycles. The zero-order valence-electron chi connectivity index (χ0n) is 12.1. The molecule has 2 heterocycles. The van der Waals surface area contributed by atoms with E-state index in [4.69, 9.17) is 0 Å². The summed E-state index contributed by atoms with van der Waals surface area (Å²) in [5.74, 6) is 3.53. The van der Waals surface area contributed by atoms with Crippen molar-refractivity contribution in [3.63, 3.8) is 0 Å². The Morgan fingerprint density at radius 3 is 2.61 bits per heavy atom. The minimum Gasteiger partial charge on any atom is -0.373 e. The van der Waals surface area contributed by atoms with E-state index in [-0.39, 0.29) is 0 Å². The van der Waals surface area contributed by atoms with Crippen LogP contribution in [-0.2, 0) is 0 Å². The monoisotopic (exact) mass is 248 g/mol. The number of hydrogen-bond acceptors (Lipinski definition) is 4. The van der Waals surface area contributed by atoms with Gasteiger partial charge in [-0.25, -0.2) is 9.97 Å². The van der Waals surface area contributed by atoms with Gasteiger partial charge >= 0.3 is 0 Å². The van der Waals surface area contributed by atoms with Crippen LogP contribution in [0.15, 0.2) is 6.07 Å². The molecule has 0 spiro atoms. The van der Waals surface area contributed by atoms with Crippen LogP contribution in [-0.4, -0.2) is 30.1 Å². The molecule has 1 aliphatic rings. The first-order valence-corrected chi connectivity index (χ1v) is 6.68. The lowest BCUT2D eigenvalue weighted by Crippen LogP contribution is -2.26. The number of aryl methyl sites for hydroxylation is 1. The normalized spacial score (nSPS) is 20.3. The predicted octanol–water partition coefficient (Wildman–Crippen LogP) is 2.70. The first-order valence-electron chi connectivity index (χ1n) is 6.68. The third kappa shape index (κ3) is 2.74. The SMILES string of the molecule is CNc1cc(N2CCC(C(C)(C)C)C2)nc(C)n1. The lowest BCUT2D eigenvalue weighted by Gasteiger charge is -2.27. The summed E-state index contributed by atoms with van der Waals surface area (Å²) < 4.78 is 0. The summed E-state index contributed by atoms with van der Waals surface area (Å²) in [5, 5.41) is 3.10. The smallest absolute Gasteiger partial charge is 0.134 e. The average Bonchev–Trinajstić information content (AvgIpc) is 2.77. The second-order valence-corrected chi connectivity index (χ2v) is 6.21. The van der Waals surface area contributed by atoms with Crippen molar-refractivity contribution in [1.82, 2.24) is 9.97 Å². The van der Waals surface area contributed by atoms with Gasteiger partial charge in [-0.05, 0) is 24.7 Å². The maximum Gasteiger partial charge on any atom is 0.134 e. The van der Waals surface area contributed by atoms with Gasteiger partial charge in [0.25, 0.3) is 0 Å². The van der Waals surface area contributed by atoms with E-state index in [9.17, 15) is 0 Å². The van der Waals surface area contributed by atoms with Crippen LogP contribution in [0.3, 0.4) is 0 Å². The molecule has 0 aromatic carbocycles. The molecule has 0 aliphatic carbocycles. The van der Waals surface area contributed by atoms with Gasteiger partial charge in [0, 0.05) is 26.2 Å². The summed E-state index contributed by atoms with van der Waals surface area (Å²) in [7, 11) is 1.90. The Labute approximate surface area is 110 Å². The summed E-state index contributed by atoms with van der Waals surface area (Å²) >= 11 is 0. The van der Waals surface area contributed by atoms with Gasteiger partial charge in [-0.3, -0.25) is 0 Å². The fourth-order valence-corrected chi connectivity index (χ4v) is 2.52. The second-order valence-electron chi connectivity index (χ2n) is 6.21. The van der Waals surface area contributed by atoms with E-state index in [0.717, 1.165) is 36.5 Å². The fourth-order valence-electron chi connectivity index (χ4n) is 2.52. The van der Waals surface area contributed by atoms with Gasteiger partial charge in [0.2, 0.25) is 0 Å². The highest BCUT2D eigenvalue weighted by atomic mass is 15.2. The molecule has 1 fully saturated rings. The lowest BCUT2D eigenvalue weighted by molar-refractivity contribution is 0.263. The molecule has 0 amide bonds. The van der Waals surface area contributed by atoms with Crippen LogP contribution in [0.1, 0.15) is 33.0 Å². The molecule has 4 nitrogen and oxygen atoms in total. The Kier molecular flexibility index (Phi) is 3.46. The van der Waals surface area contributed by atoms with E-state index in [0.29, 0.717) is 5.41 Å². The van der Waals surface area contributed by atoms with Gasteiger partial charge in [0.1, 0.15) is 17.5 Å². The fraction of sp³-hybridized carbons (Fsp3) is 0.714. The van der Waals surface area contributed by atoms with Crippen LogP contribution in [0.4, 0.5) is 11.6 Å². The molecular weight excluding hydrogens is 224 g/mol. The molecule has 1 aromatic heterocycles. The van der Waals surface area contributed by atoms with Gasteiger partial charge in [0.05, 0.1) is 0 Å². The van der Waals surface area contributed by atoms with Crippen molar-refractivity contribution in [2.45, 2.75) is 34.1 Å². The lowest BCUT2D eigenvalue weighted by atomic mass is 9.80. The van der Waals surface area contributed by atoms with Crippen molar-refractivity contribution < 1.29 is 0 Å². The van der Waals surface area contributed by atoms with E-state index in [2.05, 4.69) is 41.0 Å². The zero-order valence-corrected chi connectivity index (χ0v) is 12.1. The van der Waals surface area contributed by atoms with Crippen molar-refractivity contribution in [2.75, 3.05) is 30.4 Å². The average molecular weight is 248 g/mol. The van der Waals surface area contributed by atoms with Crippen molar-refractivity contribution in [1.29, 1.82) is 0 Å². The van der Waals surface area contributed by atoms with Gasteiger partial charge in [-0.2, -0.15) is 0 Å². The molecule has 4 heteroatoms. The third-order valence-corrected chi connectivity index (χ3v) is 3.82. The first kappa shape index (κ1) is 13.1. The number of aromatic nitrogens is 2. The van der Waals surface area contributed by atoms with Gasteiger partial charge in [0.15, 0.2) is 0 Å². The number of nitrogens with zero attached hydrogens (tertiary/aromatic N) is 3. The van der Waals surface area contributed by atoms with Gasteiger partial charge < -0.3 is 10.2 Å². The summed E-state index contributed by atoms with van der Waals surface area (Å²) in [6.45, 7) is 11.1. The highest BCUT2D eigenvalue weighted by Gasteiger charge is 2.32. The minimum atomic E-state index is 0.378. The molecule has 100 valence electrons. The van der Waals surface area contributed by atoms with Gasteiger partial charge in [-0.1, -0.05) is 20.8 Å². The molecule has 1 aromatic rings. The Hall–Kier alpha value is -1.32. The molecule has 1 saturated heterocycles. The maximum atomic E-state index is 4.56. The Morgan fingerprint density at radius 1 is 1.33 bits per heavy atom. The van der Waals surface area contributed by atoms with Crippen molar-refractivity contribution in [2.24, 2.45) is 11.3 Å². The van der Waals surface area contributed by atoms with Crippen LogP contribution in [0, 0.1) is 18.3 Å². The van der Waals surface area contributed by atoms with Crippen LogP contribution >= 0.6 is 0 Å². The minimum absolute atomic E-state index is 0.378. The van der Waals surface area contributed by atoms with E-state index in [1.54, 1.807) is 0 Å². The predicted molar refractivity (Wildman–Crippen MR) is 76.1 cm³/mol. The van der Waals surface area contributed by atoms with E-state index in [1.807, 2.05) is 20.0 Å². The van der Waals surface area contributed by atoms with Crippen LogP contribution in [0.2, 0.25) is 0 Å². The summed E-state index contributed by atoms with van der Waals surface area (Å²) in [6.07, 6.45) is 1.25. The van der Waals surface area contributed by atoms with Crippen LogP contribution in [0.25, 0.3) is 0 Å². The summed E-state index contributed by atoms with van der Waals surface area (Å²) in [4.78, 5) is 11.3. The van der Waals surface area contributed by atoms with Crippen molar-refractivity contribution in [3.05, 3.63) is 11.9 Å². The molecule has 0 radical (unpaired) electrons. The Balaban J connectivity index is 2.16.